The van der Waals surface area contributed by atoms with Gasteiger partial charge in [0.2, 0.25) is 0 Å². The number of fused-ring (bicyclic) bond motifs is 12. The van der Waals surface area contributed by atoms with Crippen LogP contribution in [0.25, 0.3) is 105 Å². The second-order valence-electron chi connectivity index (χ2n) is 15.3. The van der Waals surface area contributed by atoms with E-state index in [-0.39, 0.29) is 0 Å². The zero-order valence-corrected chi connectivity index (χ0v) is 31.3. The van der Waals surface area contributed by atoms with Crippen LogP contribution in [0.5, 0.6) is 0 Å². The van der Waals surface area contributed by atoms with Gasteiger partial charge in [-0.1, -0.05) is 158 Å². The van der Waals surface area contributed by atoms with E-state index in [1.54, 1.807) is 0 Å². The summed E-state index contributed by atoms with van der Waals surface area (Å²) in [5, 5.41) is 15.0. The zero-order valence-electron chi connectivity index (χ0n) is 31.3. The third-order valence-electron chi connectivity index (χ3n) is 12.2. The molecule has 0 amide bonds. The summed E-state index contributed by atoms with van der Waals surface area (Å²) in [6, 6.07) is 68.9. The van der Waals surface area contributed by atoms with Gasteiger partial charge in [-0.2, -0.15) is 0 Å². The van der Waals surface area contributed by atoms with Crippen molar-refractivity contribution in [3.05, 3.63) is 204 Å². The maximum Gasteiger partial charge on any atom is 0.0722 e. The molecule has 0 unspecified atom stereocenters. The average molecular weight is 725 g/mol. The normalized spacial score (nSPS) is 12.9. The Morgan fingerprint density at radius 3 is 1.95 bits per heavy atom. The van der Waals surface area contributed by atoms with Crippen LogP contribution in [0.15, 0.2) is 188 Å². The van der Waals surface area contributed by atoms with E-state index in [2.05, 4.69) is 199 Å². The SMILES string of the molecule is C1=c2ccccc2=C(c2cc(-c3cccc4ccccc34)nc(-c3cc4c5ccccc5c5c(c6ccccc6n5-c5ccccc5)c4c4ccccc34)c2)CC1. The minimum Gasteiger partial charge on any atom is -0.309 e. The van der Waals surface area contributed by atoms with Gasteiger partial charge in [0.05, 0.1) is 22.4 Å². The Labute approximate surface area is 329 Å². The number of para-hydroxylation sites is 2. The highest BCUT2D eigenvalue weighted by Gasteiger charge is 2.23. The van der Waals surface area contributed by atoms with Gasteiger partial charge in [0, 0.05) is 38.4 Å². The molecule has 2 aromatic heterocycles. The van der Waals surface area contributed by atoms with E-state index in [1.165, 1.54) is 86.5 Å². The lowest BCUT2D eigenvalue weighted by molar-refractivity contribution is 1.07. The van der Waals surface area contributed by atoms with E-state index < -0.39 is 0 Å². The van der Waals surface area contributed by atoms with Crippen LogP contribution in [-0.2, 0) is 0 Å². The molecule has 2 heterocycles. The maximum absolute atomic E-state index is 5.64. The third kappa shape index (κ3) is 4.87. The Morgan fingerprint density at radius 2 is 1.09 bits per heavy atom. The van der Waals surface area contributed by atoms with Crippen molar-refractivity contribution in [2.45, 2.75) is 12.8 Å². The molecule has 0 spiro atoms. The van der Waals surface area contributed by atoms with Crippen LogP contribution in [0.2, 0.25) is 0 Å². The van der Waals surface area contributed by atoms with Crippen molar-refractivity contribution in [1.29, 1.82) is 0 Å². The quantitative estimate of drug-likeness (QED) is 0.165. The second kappa shape index (κ2) is 12.6. The van der Waals surface area contributed by atoms with Crippen molar-refractivity contribution in [3.63, 3.8) is 0 Å². The first-order valence-corrected chi connectivity index (χ1v) is 19.9. The van der Waals surface area contributed by atoms with Gasteiger partial charge < -0.3 is 4.57 Å². The van der Waals surface area contributed by atoms with Crippen LogP contribution in [0, 0.1) is 0 Å². The molecule has 0 saturated heterocycles. The van der Waals surface area contributed by atoms with E-state index in [0.29, 0.717) is 0 Å². The Kier molecular flexibility index (Phi) is 7.09. The fourth-order valence-corrected chi connectivity index (χ4v) is 9.77. The summed E-state index contributed by atoms with van der Waals surface area (Å²) >= 11 is 0. The first-order chi connectivity index (χ1) is 28.3. The van der Waals surface area contributed by atoms with Crippen molar-refractivity contribution >= 4 is 76.5 Å². The summed E-state index contributed by atoms with van der Waals surface area (Å²) in [4.78, 5) is 5.64. The number of rotatable bonds is 4. The zero-order chi connectivity index (χ0) is 37.5. The predicted molar refractivity (Wildman–Crippen MR) is 241 cm³/mol. The van der Waals surface area contributed by atoms with Crippen molar-refractivity contribution in [2.24, 2.45) is 0 Å². The molecule has 9 aromatic carbocycles. The van der Waals surface area contributed by atoms with Gasteiger partial charge >= 0.3 is 0 Å². The molecule has 0 radical (unpaired) electrons. The summed E-state index contributed by atoms with van der Waals surface area (Å²) in [5.74, 6) is 0. The van der Waals surface area contributed by atoms with E-state index in [0.717, 1.165) is 41.0 Å². The van der Waals surface area contributed by atoms with Gasteiger partial charge in [-0.25, -0.2) is 4.98 Å². The summed E-state index contributed by atoms with van der Waals surface area (Å²) in [5.41, 5.74) is 10.5. The van der Waals surface area contributed by atoms with E-state index in [4.69, 9.17) is 4.98 Å². The smallest absolute Gasteiger partial charge is 0.0722 e. The predicted octanol–water partition coefficient (Wildman–Crippen LogP) is 12.9. The number of hydrogen-bond acceptors (Lipinski definition) is 1. The number of nitrogens with zero attached hydrogens (tertiary/aromatic N) is 2. The van der Waals surface area contributed by atoms with Gasteiger partial charge in [-0.05, 0) is 103 Å². The van der Waals surface area contributed by atoms with E-state index in [1.807, 2.05) is 0 Å². The minimum absolute atomic E-state index is 0.988. The molecule has 57 heavy (non-hydrogen) atoms. The molecule has 0 bridgehead atoms. The lowest BCUT2D eigenvalue weighted by Gasteiger charge is -2.18. The highest BCUT2D eigenvalue weighted by molar-refractivity contribution is 6.38. The van der Waals surface area contributed by atoms with Crippen LogP contribution in [0.1, 0.15) is 18.4 Å². The Bertz CT molecular complexity index is 3570. The minimum atomic E-state index is 0.988. The highest BCUT2D eigenvalue weighted by atomic mass is 15.0. The fourth-order valence-electron chi connectivity index (χ4n) is 9.77. The van der Waals surface area contributed by atoms with Gasteiger partial charge in [0.25, 0.3) is 0 Å². The van der Waals surface area contributed by atoms with Gasteiger partial charge in [0.15, 0.2) is 0 Å². The molecular weight excluding hydrogens is 689 g/mol. The first-order valence-electron chi connectivity index (χ1n) is 19.9. The summed E-state index contributed by atoms with van der Waals surface area (Å²) in [6.07, 6.45) is 4.39. The largest absolute Gasteiger partial charge is 0.309 e. The second-order valence-corrected chi connectivity index (χ2v) is 15.3. The average Bonchev–Trinajstić information content (AvgIpc) is 3.64. The molecule has 0 fully saturated rings. The van der Waals surface area contributed by atoms with Crippen LogP contribution in [-0.4, -0.2) is 9.55 Å². The topological polar surface area (TPSA) is 17.8 Å². The number of benzene rings is 9. The molecule has 1 aliphatic rings. The molecule has 2 heteroatoms. The summed E-state index contributed by atoms with van der Waals surface area (Å²) in [7, 11) is 0. The van der Waals surface area contributed by atoms with Crippen LogP contribution in [0.3, 0.4) is 0 Å². The van der Waals surface area contributed by atoms with Crippen LogP contribution >= 0.6 is 0 Å². The van der Waals surface area contributed by atoms with Crippen molar-refractivity contribution in [3.8, 4) is 28.2 Å². The fraction of sp³-hybridized carbons (Fsp3) is 0.0364. The third-order valence-corrected chi connectivity index (χ3v) is 12.2. The summed E-state index contributed by atoms with van der Waals surface area (Å²) in [6.45, 7) is 0. The van der Waals surface area contributed by atoms with Crippen molar-refractivity contribution < 1.29 is 0 Å². The molecular formula is C55H36N2. The molecule has 11 aromatic rings. The Balaban J connectivity index is 1.24. The summed E-state index contributed by atoms with van der Waals surface area (Å²) < 4.78 is 2.47. The lowest BCUT2D eigenvalue weighted by Crippen LogP contribution is -2.29. The van der Waals surface area contributed by atoms with E-state index >= 15 is 0 Å². The van der Waals surface area contributed by atoms with Crippen molar-refractivity contribution in [2.75, 3.05) is 0 Å². The molecule has 0 N–H and O–H groups in total. The number of hydrogen-bond donors (Lipinski definition) is 0. The number of aromatic nitrogens is 2. The monoisotopic (exact) mass is 724 g/mol. The Hall–Kier alpha value is -7.29. The molecule has 266 valence electrons. The standard InChI is InChI=1S/C55H36N2/c1-2-20-38(21-3-1)57-52-31-13-12-28-47(52)54-53-45-26-10-8-24-42(45)48(34-49(53)43-25-9-11-27-46(43)55(54)57)51-33-37(41-29-14-18-35-16-4-6-22-39(35)41)32-50(56-51)44-30-15-19-36-17-5-7-23-40(36)44/h1-13,15-28,30-34H,14,29H2. The van der Waals surface area contributed by atoms with Gasteiger partial charge in [0.1, 0.15) is 0 Å². The van der Waals surface area contributed by atoms with Gasteiger partial charge in [-0.3, -0.25) is 0 Å². The molecule has 2 nitrogen and oxygen atoms in total. The maximum atomic E-state index is 5.64. The van der Waals surface area contributed by atoms with Gasteiger partial charge in [-0.15, -0.1) is 0 Å². The van der Waals surface area contributed by atoms with Crippen molar-refractivity contribution in [1.82, 2.24) is 9.55 Å². The molecule has 0 aliphatic heterocycles. The Morgan fingerprint density at radius 1 is 0.439 bits per heavy atom. The molecule has 12 rings (SSSR count). The molecule has 0 atom stereocenters. The van der Waals surface area contributed by atoms with E-state index in [9.17, 15) is 0 Å². The van der Waals surface area contributed by atoms with Crippen LogP contribution < -0.4 is 10.4 Å². The molecule has 0 saturated carbocycles. The highest BCUT2D eigenvalue weighted by Crippen LogP contribution is 2.47. The van der Waals surface area contributed by atoms with Crippen LogP contribution in [0.4, 0.5) is 0 Å². The first kappa shape index (κ1) is 32.0. The number of pyridine rings is 1. The molecule has 1 aliphatic carbocycles. The lowest BCUT2D eigenvalue weighted by atomic mass is 9.88.